The lowest BCUT2D eigenvalue weighted by Crippen LogP contribution is -2.23. The summed E-state index contributed by atoms with van der Waals surface area (Å²) in [5.74, 6) is -0.682. The lowest BCUT2D eigenvalue weighted by atomic mass is 10.1. The number of rotatable bonds is 5. The Hall–Kier alpha value is -3.21. The van der Waals surface area contributed by atoms with E-state index in [4.69, 9.17) is 4.74 Å². The monoisotopic (exact) mass is 438 g/mol. The van der Waals surface area contributed by atoms with E-state index in [0.29, 0.717) is 15.9 Å². The van der Waals surface area contributed by atoms with Crippen molar-refractivity contribution in [2.24, 2.45) is 0 Å². The first-order chi connectivity index (χ1) is 14.0. The van der Waals surface area contributed by atoms with Crippen LogP contribution < -0.4 is 10.1 Å². The molecule has 0 bridgehead atoms. The molecular weight excluding hydrogens is 421 g/mol. The fourth-order valence-corrected chi connectivity index (χ4v) is 3.42. The molecule has 0 spiro atoms. The van der Waals surface area contributed by atoms with E-state index in [1.807, 2.05) is 0 Å². The standard InChI is InChI=1S/C19H17F3N4O3S/c1-10-12(5-7-14(23-10)17(28)26(2)3)16(27)25-18-24-13-6-4-11(8-15(13)30-18)29-9-19(20,21)22/h4-8H,9H2,1-3H3,(H,24,25,27). The molecule has 0 fully saturated rings. The maximum absolute atomic E-state index is 12.6. The van der Waals surface area contributed by atoms with E-state index in [0.717, 1.165) is 11.3 Å². The number of aromatic nitrogens is 2. The average molecular weight is 438 g/mol. The molecule has 11 heteroatoms. The average Bonchev–Trinajstić information content (AvgIpc) is 3.06. The maximum Gasteiger partial charge on any atom is 0.422 e. The first kappa shape index (κ1) is 21.5. The van der Waals surface area contributed by atoms with E-state index < -0.39 is 18.7 Å². The van der Waals surface area contributed by atoms with Crippen LogP contribution in [0.1, 0.15) is 26.5 Å². The molecular formula is C19H17F3N4O3S. The van der Waals surface area contributed by atoms with Gasteiger partial charge in [-0.05, 0) is 37.3 Å². The molecule has 0 unspecified atom stereocenters. The second-order valence-corrected chi connectivity index (χ2v) is 7.57. The van der Waals surface area contributed by atoms with Gasteiger partial charge in [0.15, 0.2) is 11.7 Å². The topological polar surface area (TPSA) is 84.4 Å². The van der Waals surface area contributed by atoms with E-state index in [1.165, 1.54) is 35.2 Å². The molecule has 7 nitrogen and oxygen atoms in total. The number of aryl methyl sites for hydroxylation is 1. The Bertz CT molecular complexity index is 1110. The van der Waals surface area contributed by atoms with Crippen molar-refractivity contribution in [3.05, 3.63) is 47.3 Å². The summed E-state index contributed by atoms with van der Waals surface area (Å²) < 4.78 is 42.2. The van der Waals surface area contributed by atoms with Gasteiger partial charge in [0.1, 0.15) is 11.4 Å². The summed E-state index contributed by atoms with van der Waals surface area (Å²) in [6.07, 6.45) is -4.43. The largest absolute Gasteiger partial charge is 0.484 e. The molecule has 0 aliphatic rings. The maximum atomic E-state index is 12.6. The molecule has 0 aliphatic heterocycles. The summed E-state index contributed by atoms with van der Waals surface area (Å²) in [6.45, 7) is 0.226. The van der Waals surface area contributed by atoms with Crippen LogP contribution in [0.4, 0.5) is 18.3 Å². The van der Waals surface area contributed by atoms with Gasteiger partial charge < -0.3 is 9.64 Å². The zero-order valence-electron chi connectivity index (χ0n) is 16.2. The molecule has 3 aromatic rings. The van der Waals surface area contributed by atoms with Gasteiger partial charge in [-0.15, -0.1) is 0 Å². The van der Waals surface area contributed by atoms with Crippen molar-refractivity contribution in [1.82, 2.24) is 14.9 Å². The molecule has 1 aromatic carbocycles. The van der Waals surface area contributed by atoms with E-state index in [-0.39, 0.29) is 28.0 Å². The third-order valence-corrected chi connectivity index (χ3v) is 4.87. The van der Waals surface area contributed by atoms with Gasteiger partial charge in [-0.3, -0.25) is 14.9 Å². The molecule has 0 atom stereocenters. The van der Waals surface area contributed by atoms with Crippen LogP contribution in [0.5, 0.6) is 5.75 Å². The van der Waals surface area contributed by atoms with Crippen LogP contribution in [-0.4, -0.2) is 53.6 Å². The number of hydrogen-bond acceptors (Lipinski definition) is 6. The molecule has 0 saturated carbocycles. The smallest absolute Gasteiger partial charge is 0.422 e. The number of nitrogens with zero attached hydrogens (tertiary/aromatic N) is 3. The molecule has 0 aliphatic carbocycles. The summed E-state index contributed by atoms with van der Waals surface area (Å²) in [4.78, 5) is 34.4. The number of hydrogen-bond donors (Lipinski definition) is 1. The summed E-state index contributed by atoms with van der Waals surface area (Å²) in [7, 11) is 3.21. The van der Waals surface area contributed by atoms with Crippen LogP contribution in [0, 0.1) is 6.92 Å². The van der Waals surface area contributed by atoms with Crippen molar-refractivity contribution in [2.75, 3.05) is 26.0 Å². The van der Waals surface area contributed by atoms with Crippen molar-refractivity contribution in [3.63, 3.8) is 0 Å². The van der Waals surface area contributed by atoms with Crippen LogP contribution in [0.25, 0.3) is 10.2 Å². The number of ether oxygens (including phenoxy) is 1. The second kappa shape index (κ2) is 8.27. The van der Waals surface area contributed by atoms with Crippen LogP contribution in [-0.2, 0) is 0 Å². The molecule has 3 rings (SSSR count). The van der Waals surface area contributed by atoms with E-state index >= 15 is 0 Å². The Morgan fingerprint density at radius 3 is 2.53 bits per heavy atom. The molecule has 2 amide bonds. The minimum absolute atomic E-state index is 0.0579. The van der Waals surface area contributed by atoms with E-state index in [9.17, 15) is 22.8 Å². The molecule has 0 radical (unpaired) electrons. The normalized spacial score (nSPS) is 11.4. The van der Waals surface area contributed by atoms with Gasteiger partial charge in [0.2, 0.25) is 0 Å². The number of benzene rings is 1. The van der Waals surface area contributed by atoms with Crippen molar-refractivity contribution in [1.29, 1.82) is 0 Å². The lowest BCUT2D eigenvalue weighted by Gasteiger charge is -2.11. The number of amides is 2. The molecule has 158 valence electrons. The van der Waals surface area contributed by atoms with Gasteiger partial charge in [-0.2, -0.15) is 13.2 Å². The molecule has 0 saturated heterocycles. The van der Waals surface area contributed by atoms with Gasteiger partial charge in [-0.1, -0.05) is 11.3 Å². The SMILES string of the molecule is Cc1nc(C(=O)N(C)C)ccc1C(=O)Nc1nc2ccc(OCC(F)(F)F)cc2s1. The van der Waals surface area contributed by atoms with Crippen molar-refractivity contribution in [2.45, 2.75) is 13.1 Å². The van der Waals surface area contributed by atoms with Gasteiger partial charge >= 0.3 is 6.18 Å². The quantitative estimate of drug-likeness (QED) is 0.653. The van der Waals surface area contributed by atoms with E-state index in [1.54, 1.807) is 21.0 Å². The Morgan fingerprint density at radius 1 is 1.17 bits per heavy atom. The van der Waals surface area contributed by atoms with Crippen LogP contribution in [0.15, 0.2) is 30.3 Å². The number of pyridine rings is 1. The van der Waals surface area contributed by atoms with Crippen molar-refractivity contribution < 1.29 is 27.5 Å². The van der Waals surface area contributed by atoms with Gasteiger partial charge in [0.05, 0.1) is 21.5 Å². The van der Waals surface area contributed by atoms with Gasteiger partial charge in [0.25, 0.3) is 11.8 Å². The number of halogens is 3. The molecule has 2 heterocycles. The number of thiazole rings is 1. The predicted octanol–water partition coefficient (Wildman–Crippen LogP) is 3.89. The minimum Gasteiger partial charge on any atom is -0.484 e. The highest BCUT2D eigenvalue weighted by atomic mass is 32.1. The third kappa shape index (κ3) is 5.03. The third-order valence-electron chi connectivity index (χ3n) is 3.94. The highest BCUT2D eigenvalue weighted by Crippen LogP contribution is 2.30. The molecule has 1 N–H and O–H groups in total. The summed E-state index contributed by atoms with van der Waals surface area (Å²) in [5.41, 5.74) is 1.39. The summed E-state index contributed by atoms with van der Waals surface area (Å²) in [5, 5.41) is 2.92. The predicted molar refractivity (Wildman–Crippen MR) is 106 cm³/mol. The second-order valence-electron chi connectivity index (χ2n) is 6.54. The fraction of sp³-hybridized carbons (Fsp3) is 0.263. The highest BCUT2D eigenvalue weighted by molar-refractivity contribution is 7.22. The lowest BCUT2D eigenvalue weighted by molar-refractivity contribution is -0.153. The number of alkyl halides is 3. The number of anilines is 1. The highest BCUT2D eigenvalue weighted by Gasteiger charge is 2.28. The first-order valence-corrected chi connectivity index (χ1v) is 9.46. The number of carbonyl (C=O) groups is 2. The van der Waals surface area contributed by atoms with Crippen LogP contribution in [0.3, 0.4) is 0 Å². The Labute approximate surface area is 173 Å². The fourth-order valence-electron chi connectivity index (χ4n) is 2.53. The summed E-state index contributed by atoms with van der Waals surface area (Å²) >= 11 is 1.10. The zero-order chi connectivity index (χ0) is 22.1. The Morgan fingerprint density at radius 2 is 1.90 bits per heavy atom. The number of carbonyl (C=O) groups excluding carboxylic acids is 2. The van der Waals surface area contributed by atoms with E-state index in [2.05, 4.69) is 15.3 Å². The molecule has 30 heavy (non-hydrogen) atoms. The zero-order valence-corrected chi connectivity index (χ0v) is 17.0. The Kier molecular flexibility index (Phi) is 5.92. The number of fused-ring (bicyclic) bond motifs is 1. The summed E-state index contributed by atoms with van der Waals surface area (Å²) in [6, 6.07) is 7.30. The van der Waals surface area contributed by atoms with Gasteiger partial charge in [0, 0.05) is 14.1 Å². The van der Waals surface area contributed by atoms with Crippen LogP contribution in [0.2, 0.25) is 0 Å². The molecule has 2 aromatic heterocycles. The first-order valence-electron chi connectivity index (χ1n) is 8.64. The Balaban J connectivity index is 1.75. The minimum atomic E-state index is -4.43. The van der Waals surface area contributed by atoms with Crippen molar-refractivity contribution >= 4 is 38.5 Å². The van der Waals surface area contributed by atoms with Crippen molar-refractivity contribution in [3.8, 4) is 5.75 Å². The van der Waals surface area contributed by atoms with Crippen LogP contribution >= 0.6 is 11.3 Å². The van der Waals surface area contributed by atoms with Gasteiger partial charge in [-0.25, -0.2) is 9.97 Å². The number of nitrogens with one attached hydrogen (secondary N) is 1.